The number of carbonyl (C=O) groups excluding carboxylic acids is 2. The summed E-state index contributed by atoms with van der Waals surface area (Å²) in [6.45, 7) is 3.69. The third-order valence-corrected chi connectivity index (χ3v) is 5.57. The number of nitrogens with one attached hydrogen (secondary N) is 1. The van der Waals surface area contributed by atoms with E-state index in [1.54, 1.807) is 0 Å². The SMILES string of the molecule is CCCC(OCCOc1c(I)cc(I)c(NC(C)=O)c1I)C(=O)[O-].[Na+]. The quantitative estimate of drug-likeness (QED) is 0.220. The summed E-state index contributed by atoms with van der Waals surface area (Å²) in [5.74, 6) is -0.717. The van der Waals surface area contributed by atoms with Crippen LogP contribution in [0.2, 0.25) is 0 Å². The van der Waals surface area contributed by atoms with Gasteiger partial charge in [0.05, 0.1) is 31.5 Å². The maximum absolute atomic E-state index is 11.3. The van der Waals surface area contributed by atoms with Crippen molar-refractivity contribution in [1.29, 1.82) is 0 Å². The van der Waals surface area contributed by atoms with E-state index < -0.39 is 12.1 Å². The number of benzene rings is 1. The van der Waals surface area contributed by atoms with Crippen LogP contribution < -0.4 is 44.7 Å². The van der Waals surface area contributed by atoms with E-state index in [0.717, 1.165) is 10.7 Å². The second kappa shape index (κ2) is 13.3. The van der Waals surface area contributed by atoms with Crippen LogP contribution in [-0.4, -0.2) is 31.2 Å². The van der Waals surface area contributed by atoms with Crippen LogP contribution in [0.15, 0.2) is 6.07 Å². The predicted octanol–water partition coefficient (Wildman–Crippen LogP) is -0.223. The smallest absolute Gasteiger partial charge is 0.547 e. The van der Waals surface area contributed by atoms with Crippen molar-refractivity contribution >= 4 is 85.3 Å². The minimum absolute atomic E-state index is 0. The molecule has 0 fully saturated rings. The summed E-state index contributed by atoms with van der Waals surface area (Å²) in [4.78, 5) is 22.3. The van der Waals surface area contributed by atoms with Gasteiger partial charge in [-0.05, 0) is 80.3 Å². The maximum Gasteiger partial charge on any atom is 1.00 e. The molecule has 0 aliphatic carbocycles. The fourth-order valence-electron chi connectivity index (χ4n) is 1.86. The standard InChI is InChI=1S/C15H18I3NO5.Na/c1-3-4-11(15(21)22)23-5-6-24-14-10(17)7-9(16)13(12(14)18)19-8(2)20;/h7,11H,3-6H2,1-2H3,(H,19,20)(H,21,22);/q;+1/p-1. The van der Waals surface area contributed by atoms with Crippen LogP contribution in [0.5, 0.6) is 5.75 Å². The van der Waals surface area contributed by atoms with Crippen LogP contribution in [-0.2, 0) is 14.3 Å². The molecule has 25 heavy (non-hydrogen) atoms. The average Bonchev–Trinajstić information content (AvgIpc) is 2.48. The Hall–Kier alpha value is 1.11. The van der Waals surface area contributed by atoms with E-state index in [2.05, 4.69) is 73.1 Å². The third-order valence-electron chi connectivity index (χ3n) is 2.89. The normalized spacial score (nSPS) is 11.4. The molecule has 1 unspecified atom stereocenters. The van der Waals surface area contributed by atoms with E-state index in [1.807, 2.05) is 13.0 Å². The monoisotopic (exact) mass is 695 g/mol. The number of aliphatic carboxylic acids is 1. The van der Waals surface area contributed by atoms with Crippen molar-refractivity contribution in [2.75, 3.05) is 18.5 Å². The number of hydrogen-bond donors (Lipinski definition) is 1. The molecular formula is C15H17I3NNaO5. The number of hydrogen-bond acceptors (Lipinski definition) is 5. The summed E-state index contributed by atoms with van der Waals surface area (Å²) in [6, 6.07) is 1.91. The van der Waals surface area contributed by atoms with Gasteiger partial charge >= 0.3 is 29.6 Å². The molecule has 0 saturated heterocycles. The summed E-state index contributed by atoms with van der Waals surface area (Å²) in [7, 11) is 0. The summed E-state index contributed by atoms with van der Waals surface area (Å²) in [5, 5.41) is 13.7. The molecule has 0 spiro atoms. The Balaban J connectivity index is 0.00000576. The second-order valence-corrected chi connectivity index (χ2v) is 8.26. The molecule has 10 heteroatoms. The van der Waals surface area contributed by atoms with E-state index in [1.165, 1.54) is 6.92 Å². The van der Waals surface area contributed by atoms with Gasteiger partial charge in [-0.3, -0.25) is 4.79 Å². The molecule has 1 N–H and O–H groups in total. The Morgan fingerprint density at radius 3 is 2.40 bits per heavy atom. The molecule has 1 amide bonds. The molecule has 1 aromatic carbocycles. The molecule has 0 heterocycles. The number of amides is 1. The Morgan fingerprint density at radius 2 is 1.88 bits per heavy atom. The first-order chi connectivity index (χ1) is 11.3. The molecule has 0 bridgehead atoms. The first-order valence-electron chi connectivity index (χ1n) is 7.18. The minimum atomic E-state index is -1.21. The number of ether oxygens (including phenoxy) is 2. The fraction of sp³-hybridized carbons (Fsp3) is 0.467. The first kappa shape index (κ1) is 26.1. The summed E-state index contributed by atoms with van der Waals surface area (Å²) >= 11 is 6.43. The van der Waals surface area contributed by atoms with E-state index in [0.29, 0.717) is 24.3 Å². The van der Waals surface area contributed by atoms with Crippen LogP contribution in [0.4, 0.5) is 5.69 Å². The predicted molar refractivity (Wildman–Crippen MR) is 114 cm³/mol. The topological polar surface area (TPSA) is 87.7 Å². The van der Waals surface area contributed by atoms with Gasteiger partial charge in [0.15, 0.2) is 0 Å². The van der Waals surface area contributed by atoms with E-state index in [4.69, 9.17) is 9.47 Å². The van der Waals surface area contributed by atoms with Crippen LogP contribution >= 0.6 is 67.8 Å². The number of halogens is 3. The van der Waals surface area contributed by atoms with E-state index >= 15 is 0 Å². The Labute approximate surface area is 210 Å². The summed E-state index contributed by atoms with van der Waals surface area (Å²) in [5.41, 5.74) is 0.707. The van der Waals surface area contributed by atoms with Crippen LogP contribution in [0, 0.1) is 10.7 Å². The second-order valence-electron chi connectivity index (χ2n) is 4.86. The zero-order valence-electron chi connectivity index (χ0n) is 14.2. The van der Waals surface area contributed by atoms with Gasteiger partial charge in [-0.1, -0.05) is 13.3 Å². The molecule has 6 nitrogen and oxygen atoms in total. The molecule has 134 valence electrons. The number of rotatable bonds is 9. The molecule has 1 aromatic rings. The number of carboxylic acids is 1. The third kappa shape index (κ3) is 8.77. The zero-order chi connectivity index (χ0) is 18.3. The van der Waals surface area contributed by atoms with Gasteiger partial charge in [0.25, 0.3) is 0 Å². The molecule has 1 atom stereocenters. The molecular weight excluding hydrogens is 678 g/mol. The Morgan fingerprint density at radius 1 is 1.24 bits per heavy atom. The van der Waals surface area contributed by atoms with E-state index in [9.17, 15) is 14.7 Å². The molecule has 0 radical (unpaired) electrons. The van der Waals surface area contributed by atoms with Crippen molar-refractivity contribution in [3.8, 4) is 5.75 Å². The molecule has 1 rings (SSSR count). The number of carboxylic acid groups (broad SMARTS) is 1. The van der Waals surface area contributed by atoms with Crippen molar-refractivity contribution in [1.82, 2.24) is 0 Å². The van der Waals surface area contributed by atoms with E-state index in [-0.39, 0.29) is 48.7 Å². The molecule has 0 aliphatic heterocycles. The molecule has 0 aliphatic rings. The van der Waals surface area contributed by atoms with Crippen molar-refractivity contribution < 1.29 is 53.7 Å². The molecule has 0 aromatic heterocycles. The van der Waals surface area contributed by atoms with Gasteiger partial charge in [-0.25, -0.2) is 0 Å². The minimum Gasteiger partial charge on any atom is -0.547 e. The number of carbonyl (C=O) groups is 2. The van der Waals surface area contributed by atoms with Gasteiger partial charge in [-0.2, -0.15) is 0 Å². The van der Waals surface area contributed by atoms with Crippen molar-refractivity contribution in [3.63, 3.8) is 0 Å². The van der Waals surface area contributed by atoms with Gasteiger partial charge in [0.1, 0.15) is 12.4 Å². The van der Waals surface area contributed by atoms with Crippen molar-refractivity contribution in [3.05, 3.63) is 16.8 Å². The van der Waals surface area contributed by atoms with Crippen LogP contribution in [0.25, 0.3) is 0 Å². The van der Waals surface area contributed by atoms with Gasteiger partial charge < -0.3 is 24.7 Å². The number of anilines is 1. The molecule has 0 saturated carbocycles. The summed E-state index contributed by atoms with van der Waals surface area (Å²) in [6.07, 6.45) is 0.198. The van der Waals surface area contributed by atoms with Crippen LogP contribution in [0.1, 0.15) is 26.7 Å². The summed E-state index contributed by atoms with van der Waals surface area (Å²) < 4.78 is 13.7. The first-order valence-corrected chi connectivity index (χ1v) is 10.4. The van der Waals surface area contributed by atoms with Gasteiger partial charge in [-0.15, -0.1) is 0 Å². The fourth-order valence-corrected chi connectivity index (χ4v) is 5.81. The van der Waals surface area contributed by atoms with Gasteiger partial charge in [0.2, 0.25) is 5.91 Å². The average molecular weight is 695 g/mol. The Bertz CT molecular complexity index is 615. The van der Waals surface area contributed by atoms with Crippen LogP contribution in [0.3, 0.4) is 0 Å². The maximum atomic E-state index is 11.3. The Kier molecular flexibility index (Phi) is 13.9. The zero-order valence-corrected chi connectivity index (χ0v) is 22.6. The van der Waals surface area contributed by atoms with Gasteiger partial charge in [0, 0.05) is 10.5 Å². The largest absolute Gasteiger partial charge is 1.00 e. The van der Waals surface area contributed by atoms with Crippen molar-refractivity contribution in [2.24, 2.45) is 0 Å². The van der Waals surface area contributed by atoms with Crippen molar-refractivity contribution in [2.45, 2.75) is 32.8 Å².